The Balaban J connectivity index is 2.38. The number of nitrogens with zero attached hydrogens (tertiary/aromatic N) is 1. The van der Waals surface area contributed by atoms with E-state index in [9.17, 15) is 29.1 Å². The number of carbonyl (C=O) groups excluding carboxylic acids is 4. The molecule has 14 nitrogen and oxygen atoms in total. The minimum Gasteiger partial charge on any atom is -0.480 e. The van der Waals surface area contributed by atoms with Gasteiger partial charge < -0.3 is 43.6 Å². The number of thioether (sulfide) groups is 1. The fourth-order valence-electron chi connectivity index (χ4n) is 4.86. The van der Waals surface area contributed by atoms with Crippen LogP contribution in [0.5, 0.6) is 0 Å². The summed E-state index contributed by atoms with van der Waals surface area (Å²) in [4.78, 5) is 70.0. The number of nitrogens with one attached hydrogen (secondary N) is 4. The number of hydrogen-bond acceptors (Lipinski definition) is 8. The fourth-order valence-corrected chi connectivity index (χ4v) is 5.35. The lowest BCUT2D eigenvalue weighted by Gasteiger charge is -2.27. The molecule has 5 atom stereocenters. The maximum absolute atomic E-state index is 14.0. The summed E-state index contributed by atoms with van der Waals surface area (Å²) in [6, 6.07) is 12.5. The molecule has 11 N–H and O–H groups in total. The Morgan fingerprint density at radius 3 is 1.65 bits per heavy atom. The highest BCUT2D eigenvalue weighted by atomic mass is 32.2. The molecular formula is C34H50N8O6S. The maximum atomic E-state index is 14.0. The number of rotatable bonds is 21. The zero-order chi connectivity index (χ0) is 36.3. The molecule has 4 amide bonds. The lowest BCUT2D eigenvalue weighted by atomic mass is 10.00. The number of aliphatic imine (C=N–C) groups is 1. The zero-order valence-electron chi connectivity index (χ0n) is 28.3. The first-order valence-electron chi connectivity index (χ1n) is 16.1. The molecule has 49 heavy (non-hydrogen) atoms. The Labute approximate surface area is 291 Å². The summed E-state index contributed by atoms with van der Waals surface area (Å²) < 4.78 is 0. The monoisotopic (exact) mass is 698 g/mol. The van der Waals surface area contributed by atoms with Gasteiger partial charge in [0.15, 0.2) is 5.96 Å². The van der Waals surface area contributed by atoms with E-state index in [1.807, 2.05) is 18.4 Å². The number of aliphatic carboxylic acids is 1. The highest BCUT2D eigenvalue weighted by Crippen LogP contribution is 2.10. The Kier molecular flexibility index (Phi) is 17.7. The van der Waals surface area contributed by atoms with Gasteiger partial charge in [-0.05, 0) is 48.3 Å². The van der Waals surface area contributed by atoms with Crippen LogP contribution in [0.15, 0.2) is 65.7 Å². The van der Waals surface area contributed by atoms with Crippen LogP contribution in [0.1, 0.15) is 44.2 Å². The van der Waals surface area contributed by atoms with Crippen LogP contribution in [-0.4, -0.2) is 89.4 Å². The summed E-state index contributed by atoms with van der Waals surface area (Å²) in [5, 5.41) is 20.4. The van der Waals surface area contributed by atoms with Crippen LogP contribution in [0.3, 0.4) is 0 Å². The molecular weight excluding hydrogens is 648 g/mol. The second-order valence-electron chi connectivity index (χ2n) is 12.0. The average Bonchev–Trinajstić information content (AvgIpc) is 3.06. The van der Waals surface area contributed by atoms with E-state index in [0.717, 1.165) is 11.1 Å². The van der Waals surface area contributed by atoms with E-state index in [1.54, 1.807) is 62.4 Å². The number of benzene rings is 2. The molecule has 0 aromatic heterocycles. The largest absolute Gasteiger partial charge is 0.480 e. The number of carboxylic acid groups (broad SMARTS) is 1. The normalized spacial score (nSPS) is 14.0. The van der Waals surface area contributed by atoms with Crippen LogP contribution in [0, 0.1) is 5.92 Å². The molecule has 0 saturated heterocycles. The van der Waals surface area contributed by atoms with Gasteiger partial charge in [0.05, 0.1) is 6.04 Å². The third kappa shape index (κ3) is 15.0. The van der Waals surface area contributed by atoms with Crippen molar-refractivity contribution in [3.63, 3.8) is 0 Å². The van der Waals surface area contributed by atoms with Crippen LogP contribution in [0.2, 0.25) is 0 Å². The standard InChI is InChI=1S/C34H50N8O6S/c1-21(2)28(33(47)48)42-32(46)27(20-23-13-8-5-9-14-23)41-31(45)26(19-22-11-6-4-7-12-22)40-30(44)25(15-10-17-38-34(36)37)39-29(43)24(35)16-18-49-3/h4-9,11-14,21,24-28H,10,15-20,35H2,1-3H3,(H,39,43)(H,40,44)(H,41,45)(H,42,46)(H,47,48)(H4,36,37,38)/t24-,25-,26-,27-,28-/m0/s1. The van der Waals surface area contributed by atoms with Gasteiger partial charge in [-0.2, -0.15) is 11.8 Å². The first-order valence-corrected chi connectivity index (χ1v) is 17.5. The molecule has 2 rings (SSSR count). The predicted molar refractivity (Wildman–Crippen MR) is 191 cm³/mol. The SMILES string of the molecule is CSCC[C@H](N)C(=O)N[C@@H](CCCN=C(N)N)C(=O)N[C@@H](Cc1ccccc1)C(=O)N[C@@H](Cc1ccccc1)C(=O)N[C@H](C(=O)O)C(C)C. The summed E-state index contributed by atoms with van der Waals surface area (Å²) in [5.74, 6) is -3.60. The number of nitrogens with two attached hydrogens (primary N) is 3. The minimum atomic E-state index is -1.21. The zero-order valence-corrected chi connectivity index (χ0v) is 29.1. The molecule has 0 aliphatic heterocycles. The molecule has 0 unspecified atom stereocenters. The van der Waals surface area contributed by atoms with Crippen molar-refractivity contribution in [1.82, 2.24) is 21.3 Å². The first-order chi connectivity index (χ1) is 23.3. The van der Waals surface area contributed by atoms with Gasteiger partial charge in [-0.3, -0.25) is 24.2 Å². The van der Waals surface area contributed by atoms with Gasteiger partial charge in [0, 0.05) is 19.4 Å². The van der Waals surface area contributed by atoms with Gasteiger partial charge in [0.1, 0.15) is 24.2 Å². The predicted octanol–water partition coefficient (Wildman–Crippen LogP) is 0.286. The van der Waals surface area contributed by atoms with E-state index in [4.69, 9.17) is 17.2 Å². The van der Waals surface area contributed by atoms with E-state index < -0.39 is 65.7 Å². The van der Waals surface area contributed by atoms with Crippen LogP contribution in [0.4, 0.5) is 0 Å². The third-order valence-electron chi connectivity index (χ3n) is 7.61. The second kappa shape index (κ2) is 21.4. The van der Waals surface area contributed by atoms with E-state index in [1.165, 1.54) is 11.8 Å². The van der Waals surface area contributed by atoms with Gasteiger partial charge in [-0.25, -0.2) is 4.79 Å². The van der Waals surface area contributed by atoms with Crippen molar-refractivity contribution in [3.05, 3.63) is 71.8 Å². The third-order valence-corrected chi connectivity index (χ3v) is 8.25. The number of hydrogen-bond donors (Lipinski definition) is 8. The van der Waals surface area contributed by atoms with Gasteiger partial charge >= 0.3 is 5.97 Å². The van der Waals surface area contributed by atoms with E-state index in [-0.39, 0.29) is 31.8 Å². The summed E-state index contributed by atoms with van der Waals surface area (Å²) >= 11 is 1.54. The van der Waals surface area contributed by atoms with Crippen molar-refractivity contribution in [3.8, 4) is 0 Å². The number of carbonyl (C=O) groups is 5. The Bertz CT molecular complexity index is 1390. The molecule has 0 bridgehead atoms. The summed E-state index contributed by atoms with van der Waals surface area (Å²) in [5.41, 5.74) is 18.4. The average molecular weight is 699 g/mol. The molecule has 2 aromatic rings. The second-order valence-corrected chi connectivity index (χ2v) is 13.0. The lowest BCUT2D eigenvalue weighted by molar-refractivity contribution is -0.143. The number of carboxylic acids is 1. The van der Waals surface area contributed by atoms with Crippen LogP contribution < -0.4 is 38.5 Å². The van der Waals surface area contributed by atoms with E-state index >= 15 is 0 Å². The molecule has 15 heteroatoms. The molecule has 268 valence electrons. The van der Waals surface area contributed by atoms with Crippen molar-refractivity contribution in [1.29, 1.82) is 0 Å². The molecule has 2 aromatic carbocycles. The molecule has 0 spiro atoms. The molecule has 0 aliphatic carbocycles. The Morgan fingerprint density at radius 1 is 0.735 bits per heavy atom. The highest BCUT2D eigenvalue weighted by molar-refractivity contribution is 7.98. The van der Waals surface area contributed by atoms with E-state index in [0.29, 0.717) is 18.6 Å². The fraction of sp³-hybridized carbons (Fsp3) is 0.471. The maximum Gasteiger partial charge on any atom is 0.326 e. The van der Waals surface area contributed by atoms with Gasteiger partial charge in [-0.1, -0.05) is 74.5 Å². The smallest absolute Gasteiger partial charge is 0.326 e. The first kappa shape index (κ1) is 40.5. The van der Waals surface area contributed by atoms with Crippen molar-refractivity contribution < 1.29 is 29.1 Å². The van der Waals surface area contributed by atoms with Crippen molar-refractivity contribution >= 4 is 47.3 Å². The lowest BCUT2D eigenvalue weighted by Crippen LogP contribution is -2.59. The highest BCUT2D eigenvalue weighted by Gasteiger charge is 2.32. The topological polar surface area (TPSA) is 244 Å². The Morgan fingerprint density at radius 2 is 1.20 bits per heavy atom. The van der Waals surface area contributed by atoms with Crippen LogP contribution in [-0.2, 0) is 36.8 Å². The van der Waals surface area contributed by atoms with Gasteiger partial charge in [-0.15, -0.1) is 0 Å². The minimum absolute atomic E-state index is 0.0593. The number of guanidine groups is 1. The number of amides is 4. The van der Waals surface area contributed by atoms with E-state index in [2.05, 4.69) is 26.3 Å². The van der Waals surface area contributed by atoms with Crippen LogP contribution >= 0.6 is 11.8 Å². The van der Waals surface area contributed by atoms with Crippen molar-refractivity contribution in [2.45, 2.75) is 76.2 Å². The summed E-state index contributed by atoms with van der Waals surface area (Å²) in [6.45, 7) is 3.54. The summed E-state index contributed by atoms with van der Waals surface area (Å²) in [7, 11) is 0. The molecule has 0 heterocycles. The van der Waals surface area contributed by atoms with Crippen molar-refractivity contribution in [2.24, 2.45) is 28.1 Å². The Hall–Kier alpha value is -4.63. The van der Waals surface area contributed by atoms with Gasteiger partial charge in [0.2, 0.25) is 23.6 Å². The van der Waals surface area contributed by atoms with Gasteiger partial charge in [0.25, 0.3) is 0 Å². The molecule has 0 aliphatic rings. The van der Waals surface area contributed by atoms with Crippen LogP contribution in [0.25, 0.3) is 0 Å². The molecule has 0 saturated carbocycles. The molecule has 0 fully saturated rings. The molecule has 0 radical (unpaired) electrons. The van der Waals surface area contributed by atoms with Crippen molar-refractivity contribution in [2.75, 3.05) is 18.6 Å². The summed E-state index contributed by atoms with van der Waals surface area (Å²) in [6.07, 6.45) is 2.90. The quantitative estimate of drug-likeness (QED) is 0.0503.